The first-order valence-corrected chi connectivity index (χ1v) is 15.9. The second-order valence-electron chi connectivity index (χ2n) is 12.0. The summed E-state index contributed by atoms with van der Waals surface area (Å²) >= 11 is 0. The summed E-state index contributed by atoms with van der Waals surface area (Å²) in [6.45, 7) is 0. The molecule has 0 aliphatic rings. The van der Waals surface area contributed by atoms with Crippen molar-refractivity contribution in [3.8, 4) is 45.3 Å². The third kappa shape index (κ3) is 4.22. The molecule has 0 saturated carbocycles. The minimum Gasteiger partial charge on any atom is -0.456 e. The number of para-hydroxylation sites is 2. The molecule has 5 heteroatoms. The Labute approximate surface area is 274 Å². The van der Waals surface area contributed by atoms with Gasteiger partial charge in [0.2, 0.25) is 0 Å². The molecule has 10 aromatic rings. The molecule has 3 heterocycles. The van der Waals surface area contributed by atoms with Crippen LogP contribution in [-0.4, -0.2) is 15.0 Å². The van der Waals surface area contributed by atoms with Crippen LogP contribution in [0.4, 0.5) is 0 Å². The lowest BCUT2D eigenvalue weighted by Crippen LogP contribution is -2.00. The lowest BCUT2D eigenvalue weighted by Gasteiger charge is -2.12. The molecule has 0 atom stereocenters. The van der Waals surface area contributed by atoms with Gasteiger partial charge in [-0.1, -0.05) is 115 Å². The van der Waals surface area contributed by atoms with Crippen LogP contribution < -0.4 is 0 Å². The van der Waals surface area contributed by atoms with Crippen LogP contribution in [0.3, 0.4) is 0 Å². The smallest absolute Gasteiger partial charge is 0.164 e. The van der Waals surface area contributed by atoms with Gasteiger partial charge in [0.05, 0.1) is 0 Å². The molecule has 3 aromatic heterocycles. The normalized spacial score (nSPS) is 11.8. The summed E-state index contributed by atoms with van der Waals surface area (Å²) in [5, 5.41) is 6.40. The molecule has 0 aliphatic carbocycles. The quantitative estimate of drug-likeness (QED) is 0.197. The molecular formula is C43H25N3O2. The number of nitrogens with zero attached hydrogens (tertiary/aromatic N) is 3. The van der Waals surface area contributed by atoms with E-state index in [1.165, 1.54) is 5.39 Å². The fourth-order valence-corrected chi connectivity index (χ4v) is 6.87. The number of rotatable bonds is 4. The van der Waals surface area contributed by atoms with E-state index in [4.69, 9.17) is 23.8 Å². The maximum Gasteiger partial charge on any atom is 0.164 e. The summed E-state index contributed by atoms with van der Waals surface area (Å²) in [5.74, 6) is 1.80. The summed E-state index contributed by atoms with van der Waals surface area (Å²) in [7, 11) is 0. The Morgan fingerprint density at radius 2 is 0.938 bits per heavy atom. The summed E-state index contributed by atoms with van der Waals surface area (Å²) in [6.07, 6.45) is 0. The van der Waals surface area contributed by atoms with Gasteiger partial charge in [-0.3, -0.25) is 0 Å². The Bertz CT molecular complexity index is 2850. The maximum absolute atomic E-state index is 6.54. The molecule has 0 aliphatic heterocycles. The first kappa shape index (κ1) is 26.6. The fraction of sp³-hybridized carbons (Fsp3) is 0. The van der Waals surface area contributed by atoms with E-state index in [-0.39, 0.29) is 0 Å². The zero-order valence-electron chi connectivity index (χ0n) is 25.6. The Hall–Kier alpha value is -6.59. The highest BCUT2D eigenvalue weighted by molar-refractivity contribution is 6.16. The molecule has 0 bridgehead atoms. The van der Waals surface area contributed by atoms with Crippen LogP contribution in [0.15, 0.2) is 160 Å². The van der Waals surface area contributed by atoms with Gasteiger partial charge in [-0.2, -0.15) is 0 Å². The molecule has 5 nitrogen and oxygen atoms in total. The van der Waals surface area contributed by atoms with E-state index in [1.807, 2.05) is 78.9 Å². The third-order valence-electron chi connectivity index (χ3n) is 9.11. The minimum absolute atomic E-state index is 0.578. The van der Waals surface area contributed by atoms with Crippen LogP contribution in [0.1, 0.15) is 0 Å². The van der Waals surface area contributed by atoms with Crippen molar-refractivity contribution in [2.75, 3.05) is 0 Å². The number of hydrogen-bond donors (Lipinski definition) is 0. The highest BCUT2D eigenvalue weighted by Crippen LogP contribution is 2.43. The standard InChI is InChI=1S/C43H25N3O2/c1-2-12-27(13-3-1)41-44-42(29-22-21-26-11-4-5-14-28(26)23-29)46-43(45-41)34-24-30(25-38-40(34)33-16-7-9-19-36(33)48-38)31-17-10-20-37-39(31)32-15-6-8-18-35(32)47-37/h1-25H. The molecule has 224 valence electrons. The summed E-state index contributed by atoms with van der Waals surface area (Å²) in [6, 6.07) is 51.6. The predicted octanol–water partition coefficient (Wildman–Crippen LogP) is 11.5. The molecule has 7 aromatic carbocycles. The first-order valence-electron chi connectivity index (χ1n) is 15.9. The van der Waals surface area contributed by atoms with Crippen molar-refractivity contribution in [3.63, 3.8) is 0 Å². The van der Waals surface area contributed by atoms with Gasteiger partial charge in [0.15, 0.2) is 17.5 Å². The average Bonchev–Trinajstić information content (AvgIpc) is 3.73. The van der Waals surface area contributed by atoms with Crippen molar-refractivity contribution in [1.29, 1.82) is 0 Å². The Balaban J connectivity index is 1.28. The topological polar surface area (TPSA) is 65.0 Å². The van der Waals surface area contributed by atoms with E-state index in [0.717, 1.165) is 77.1 Å². The van der Waals surface area contributed by atoms with Gasteiger partial charge in [-0.15, -0.1) is 0 Å². The largest absolute Gasteiger partial charge is 0.456 e. The lowest BCUT2D eigenvalue weighted by atomic mass is 9.95. The van der Waals surface area contributed by atoms with E-state index in [0.29, 0.717) is 17.5 Å². The van der Waals surface area contributed by atoms with E-state index in [9.17, 15) is 0 Å². The van der Waals surface area contributed by atoms with Crippen molar-refractivity contribution < 1.29 is 8.83 Å². The van der Waals surface area contributed by atoms with Crippen molar-refractivity contribution in [2.45, 2.75) is 0 Å². The maximum atomic E-state index is 6.54. The monoisotopic (exact) mass is 615 g/mol. The molecule has 0 spiro atoms. The molecule has 10 rings (SSSR count). The number of fused-ring (bicyclic) bond motifs is 7. The zero-order chi connectivity index (χ0) is 31.6. The summed E-state index contributed by atoms with van der Waals surface area (Å²) < 4.78 is 12.8. The first-order chi connectivity index (χ1) is 23.8. The van der Waals surface area contributed by atoms with Crippen molar-refractivity contribution in [3.05, 3.63) is 152 Å². The molecule has 0 fully saturated rings. The van der Waals surface area contributed by atoms with Crippen LogP contribution in [-0.2, 0) is 0 Å². The van der Waals surface area contributed by atoms with Gasteiger partial charge in [0, 0.05) is 38.2 Å². The molecule has 0 amide bonds. The minimum atomic E-state index is 0.578. The zero-order valence-corrected chi connectivity index (χ0v) is 25.6. The van der Waals surface area contributed by atoms with Gasteiger partial charge in [0.25, 0.3) is 0 Å². The van der Waals surface area contributed by atoms with Crippen molar-refractivity contribution in [2.24, 2.45) is 0 Å². The van der Waals surface area contributed by atoms with E-state index < -0.39 is 0 Å². The van der Waals surface area contributed by atoms with Crippen LogP contribution in [0.25, 0.3) is 99.9 Å². The van der Waals surface area contributed by atoms with E-state index in [1.54, 1.807) is 0 Å². The molecule has 0 saturated heterocycles. The van der Waals surface area contributed by atoms with Crippen LogP contribution in [0.2, 0.25) is 0 Å². The Morgan fingerprint density at radius 1 is 0.333 bits per heavy atom. The molecular weight excluding hydrogens is 590 g/mol. The molecule has 48 heavy (non-hydrogen) atoms. The van der Waals surface area contributed by atoms with E-state index >= 15 is 0 Å². The van der Waals surface area contributed by atoms with Crippen molar-refractivity contribution >= 4 is 54.6 Å². The number of aromatic nitrogens is 3. The summed E-state index contributed by atoms with van der Waals surface area (Å²) in [5.41, 5.74) is 8.03. The van der Waals surface area contributed by atoms with Crippen molar-refractivity contribution in [1.82, 2.24) is 15.0 Å². The second kappa shape index (κ2) is 10.5. The summed E-state index contributed by atoms with van der Waals surface area (Å²) in [4.78, 5) is 15.4. The lowest BCUT2D eigenvalue weighted by molar-refractivity contribution is 0.668. The Kier molecular flexibility index (Phi) is 5.81. The van der Waals surface area contributed by atoms with Gasteiger partial charge < -0.3 is 8.83 Å². The molecule has 0 radical (unpaired) electrons. The van der Waals surface area contributed by atoms with Gasteiger partial charge in [-0.05, 0) is 58.3 Å². The average molecular weight is 616 g/mol. The van der Waals surface area contributed by atoms with Gasteiger partial charge in [0.1, 0.15) is 22.3 Å². The van der Waals surface area contributed by atoms with Gasteiger partial charge >= 0.3 is 0 Å². The predicted molar refractivity (Wildman–Crippen MR) is 194 cm³/mol. The number of furan rings is 2. The highest BCUT2D eigenvalue weighted by atomic mass is 16.3. The van der Waals surface area contributed by atoms with Gasteiger partial charge in [-0.25, -0.2) is 15.0 Å². The van der Waals surface area contributed by atoms with Crippen LogP contribution in [0.5, 0.6) is 0 Å². The van der Waals surface area contributed by atoms with Crippen LogP contribution in [0, 0.1) is 0 Å². The SMILES string of the molecule is c1ccc(-c2nc(-c3ccc4ccccc4c3)nc(-c3cc(-c4cccc5oc6ccccc6c45)cc4oc5ccccc5c34)n2)cc1. The number of benzene rings is 7. The number of hydrogen-bond acceptors (Lipinski definition) is 5. The van der Waals surface area contributed by atoms with E-state index in [2.05, 4.69) is 72.8 Å². The highest BCUT2D eigenvalue weighted by Gasteiger charge is 2.21. The third-order valence-corrected chi connectivity index (χ3v) is 9.11. The fourth-order valence-electron chi connectivity index (χ4n) is 6.87. The molecule has 0 N–H and O–H groups in total. The Morgan fingerprint density at radius 3 is 1.73 bits per heavy atom. The second-order valence-corrected chi connectivity index (χ2v) is 12.0. The molecule has 0 unspecified atom stereocenters. The van der Waals surface area contributed by atoms with Crippen LogP contribution >= 0.6 is 0 Å².